The minimum Gasteiger partial charge on any atom is -0.495 e. The summed E-state index contributed by atoms with van der Waals surface area (Å²) in [6, 6.07) is 12.9. The van der Waals surface area contributed by atoms with Crippen molar-refractivity contribution in [3.05, 3.63) is 48.5 Å². The second kappa shape index (κ2) is 6.49. The maximum absolute atomic E-state index is 12.4. The van der Waals surface area contributed by atoms with Crippen molar-refractivity contribution in [2.45, 2.75) is 11.8 Å². The normalized spacial score (nSPS) is 11.0. The highest BCUT2D eigenvalue weighted by atomic mass is 32.2. The van der Waals surface area contributed by atoms with Crippen LogP contribution in [0.15, 0.2) is 53.4 Å². The van der Waals surface area contributed by atoms with Gasteiger partial charge in [-0.15, -0.1) is 0 Å². The summed E-state index contributed by atoms with van der Waals surface area (Å²) >= 11 is 0. The highest BCUT2D eigenvalue weighted by molar-refractivity contribution is 7.87. The van der Waals surface area contributed by atoms with E-state index in [4.69, 9.17) is 13.7 Å². The fourth-order valence-corrected chi connectivity index (χ4v) is 2.89. The second-order valence-electron chi connectivity index (χ2n) is 4.07. The van der Waals surface area contributed by atoms with Gasteiger partial charge in [-0.25, -0.2) is 0 Å². The van der Waals surface area contributed by atoms with Crippen LogP contribution in [0, 0.1) is 0 Å². The van der Waals surface area contributed by atoms with Crippen LogP contribution in [0.5, 0.6) is 17.2 Å². The molecule has 0 saturated heterocycles. The van der Waals surface area contributed by atoms with E-state index in [2.05, 4.69) is 0 Å². The lowest BCUT2D eigenvalue weighted by Gasteiger charge is -2.13. The molecule has 0 bridgehead atoms. The fourth-order valence-electron chi connectivity index (χ4n) is 1.78. The van der Waals surface area contributed by atoms with Gasteiger partial charge in [-0.1, -0.05) is 24.3 Å². The molecule has 0 heterocycles. The van der Waals surface area contributed by atoms with E-state index in [1.165, 1.54) is 19.2 Å². The van der Waals surface area contributed by atoms with E-state index in [1.54, 1.807) is 36.4 Å². The largest absolute Gasteiger partial charge is 0.495 e. The number of benzene rings is 2. The first-order valence-corrected chi connectivity index (χ1v) is 7.78. The van der Waals surface area contributed by atoms with Crippen molar-refractivity contribution in [2.75, 3.05) is 13.7 Å². The minimum absolute atomic E-state index is 0.0289. The molecule has 0 aliphatic rings. The first-order valence-electron chi connectivity index (χ1n) is 6.38. The van der Waals surface area contributed by atoms with Gasteiger partial charge in [0.25, 0.3) is 0 Å². The molecule has 0 spiro atoms. The molecule has 21 heavy (non-hydrogen) atoms. The quantitative estimate of drug-likeness (QED) is 0.768. The molecule has 0 fully saturated rings. The first-order chi connectivity index (χ1) is 10.1. The van der Waals surface area contributed by atoms with Crippen LogP contribution in [0.4, 0.5) is 0 Å². The van der Waals surface area contributed by atoms with Crippen LogP contribution in [0.3, 0.4) is 0 Å². The predicted molar refractivity (Wildman–Crippen MR) is 78.4 cm³/mol. The average molecular weight is 308 g/mol. The lowest BCUT2D eigenvalue weighted by Crippen LogP contribution is -2.12. The lowest BCUT2D eigenvalue weighted by molar-refractivity contribution is 0.327. The van der Waals surface area contributed by atoms with Gasteiger partial charge < -0.3 is 13.7 Å². The van der Waals surface area contributed by atoms with Crippen molar-refractivity contribution in [1.29, 1.82) is 0 Å². The number of hydrogen-bond donors (Lipinski definition) is 0. The smallest absolute Gasteiger partial charge is 0.343 e. The molecular weight excluding hydrogens is 292 g/mol. The zero-order valence-electron chi connectivity index (χ0n) is 11.8. The molecule has 0 aliphatic carbocycles. The van der Waals surface area contributed by atoms with Gasteiger partial charge >= 0.3 is 10.1 Å². The highest BCUT2D eigenvalue weighted by Gasteiger charge is 2.22. The lowest BCUT2D eigenvalue weighted by atomic mass is 10.3. The summed E-state index contributed by atoms with van der Waals surface area (Å²) in [7, 11) is -2.60. The van der Waals surface area contributed by atoms with Gasteiger partial charge in [0.05, 0.1) is 13.7 Å². The van der Waals surface area contributed by atoms with Crippen LogP contribution in [-0.4, -0.2) is 22.1 Å². The Kier molecular flexibility index (Phi) is 4.70. The number of rotatable bonds is 6. The molecule has 0 unspecified atom stereocenters. The fraction of sp³-hybridized carbons (Fsp3) is 0.200. The third kappa shape index (κ3) is 3.46. The van der Waals surface area contributed by atoms with Gasteiger partial charge in [-0.2, -0.15) is 8.42 Å². The van der Waals surface area contributed by atoms with Gasteiger partial charge in [0.2, 0.25) is 0 Å². The number of hydrogen-bond acceptors (Lipinski definition) is 5. The Hall–Kier alpha value is -2.21. The molecule has 0 saturated carbocycles. The van der Waals surface area contributed by atoms with Gasteiger partial charge in [-0.05, 0) is 31.2 Å². The number of ether oxygens (including phenoxy) is 2. The van der Waals surface area contributed by atoms with Gasteiger partial charge in [-0.3, -0.25) is 0 Å². The van der Waals surface area contributed by atoms with E-state index in [9.17, 15) is 8.42 Å². The van der Waals surface area contributed by atoms with E-state index in [1.807, 2.05) is 6.92 Å². The molecule has 0 aliphatic heterocycles. The molecule has 0 N–H and O–H groups in total. The third-order valence-corrected chi connectivity index (χ3v) is 3.96. The number of methoxy groups -OCH3 is 1. The van der Waals surface area contributed by atoms with Crippen molar-refractivity contribution < 1.29 is 22.1 Å². The predicted octanol–water partition coefficient (Wildman–Crippen LogP) is 2.86. The minimum atomic E-state index is -4.00. The molecule has 2 rings (SSSR count). The Morgan fingerprint density at radius 3 is 2.10 bits per heavy atom. The Labute approximate surface area is 124 Å². The van der Waals surface area contributed by atoms with Gasteiger partial charge in [0, 0.05) is 0 Å². The molecule has 6 heteroatoms. The molecule has 2 aromatic rings. The molecular formula is C15H16O5S. The first kappa shape index (κ1) is 15.2. The van der Waals surface area contributed by atoms with Crippen molar-refractivity contribution in [3.63, 3.8) is 0 Å². The second-order valence-corrected chi connectivity index (χ2v) is 5.58. The standard InChI is InChI=1S/C15H16O5S/c1-3-19-12-8-4-5-9-13(12)20-21(16,17)15-11-7-6-10-14(15)18-2/h4-11H,3H2,1-2H3. The maximum Gasteiger partial charge on any atom is 0.343 e. The zero-order chi connectivity index (χ0) is 15.3. The zero-order valence-corrected chi connectivity index (χ0v) is 12.6. The van der Waals surface area contributed by atoms with Crippen molar-refractivity contribution in [1.82, 2.24) is 0 Å². The van der Waals surface area contributed by atoms with E-state index in [0.29, 0.717) is 12.4 Å². The maximum atomic E-state index is 12.4. The van der Waals surface area contributed by atoms with Gasteiger partial charge in [0.15, 0.2) is 11.5 Å². The molecule has 0 atom stereocenters. The SMILES string of the molecule is CCOc1ccccc1OS(=O)(=O)c1ccccc1OC. The monoisotopic (exact) mass is 308 g/mol. The van der Waals surface area contributed by atoms with Crippen LogP contribution in [0.25, 0.3) is 0 Å². The summed E-state index contributed by atoms with van der Waals surface area (Å²) in [5.41, 5.74) is 0. The van der Waals surface area contributed by atoms with E-state index < -0.39 is 10.1 Å². The van der Waals surface area contributed by atoms with Crippen LogP contribution >= 0.6 is 0 Å². The summed E-state index contributed by atoms with van der Waals surface area (Å²) < 4.78 is 40.4. The summed E-state index contributed by atoms with van der Waals surface area (Å²) in [6.07, 6.45) is 0. The summed E-state index contributed by atoms with van der Waals surface area (Å²) in [5.74, 6) is 0.745. The molecule has 0 aromatic heterocycles. The summed E-state index contributed by atoms with van der Waals surface area (Å²) in [4.78, 5) is -0.0289. The Bertz CT molecular complexity index is 710. The van der Waals surface area contributed by atoms with Crippen molar-refractivity contribution in [3.8, 4) is 17.2 Å². The summed E-state index contributed by atoms with van der Waals surface area (Å²) in [5, 5.41) is 0. The molecule has 0 radical (unpaired) electrons. The topological polar surface area (TPSA) is 61.8 Å². The highest BCUT2D eigenvalue weighted by Crippen LogP contribution is 2.31. The van der Waals surface area contributed by atoms with Crippen molar-refractivity contribution in [2.24, 2.45) is 0 Å². The van der Waals surface area contributed by atoms with Gasteiger partial charge in [0.1, 0.15) is 10.6 Å². The molecule has 2 aromatic carbocycles. The Morgan fingerprint density at radius 1 is 0.905 bits per heavy atom. The Balaban J connectivity index is 2.38. The average Bonchev–Trinajstić information content (AvgIpc) is 2.49. The third-order valence-electron chi connectivity index (χ3n) is 2.69. The molecule has 5 nitrogen and oxygen atoms in total. The Morgan fingerprint density at radius 2 is 1.48 bits per heavy atom. The van der Waals surface area contributed by atoms with E-state index in [-0.39, 0.29) is 16.4 Å². The van der Waals surface area contributed by atoms with Crippen LogP contribution in [0.2, 0.25) is 0 Å². The molecule has 112 valence electrons. The van der Waals surface area contributed by atoms with Crippen molar-refractivity contribution >= 4 is 10.1 Å². The number of para-hydroxylation sites is 3. The van der Waals surface area contributed by atoms with E-state index in [0.717, 1.165) is 0 Å². The van der Waals surface area contributed by atoms with E-state index >= 15 is 0 Å². The summed E-state index contributed by atoms with van der Waals surface area (Å²) in [6.45, 7) is 2.22. The molecule has 0 amide bonds. The van der Waals surface area contributed by atoms with Crippen LogP contribution in [-0.2, 0) is 10.1 Å². The van der Waals surface area contributed by atoms with Crippen LogP contribution in [0.1, 0.15) is 6.92 Å². The van der Waals surface area contributed by atoms with Crippen LogP contribution < -0.4 is 13.7 Å².